The lowest BCUT2D eigenvalue weighted by Crippen LogP contribution is -2.48. The van der Waals surface area contributed by atoms with E-state index in [0.29, 0.717) is 19.4 Å². The topological polar surface area (TPSA) is 181 Å². The molecule has 16 heteroatoms. The number of ether oxygens (including phenoxy) is 4. The summed E-state index contributed by atoms with van der Waals surface area (Å²) in [6.45, 7) is 21.2. The van der Waals surface area contributed by atoms with Crippen LogP contribution < -0.4 is 5.32 Å². The summed E-state index contributed by atoms with van der Waals surface area (Å²) in [7, 11) is 0. The molecule has 0 spiro atoms. The summed E-state index contributed by atoms with van der Waals surface area (Å²) in [5.41, 5.74) is -3.00. The summed E-state index contributed by atoms with van der Waals surface area (Å²) >= 11 is 0. The highest BCUT2D eigenvalue weighted by Gasteiger charge is 2.27. The number of amides is 3. The average Bonchev–Trinajstić information content (AvgIpc) is 3.26. The summed E-state index contributed by atoms with van der Waals surface area (Å²) in [6.07, 6.45) is 3.46. The fourth-order valence-electron chi connectivity index (χ4n) is 5.02. The van der Waals surface area contributed by atoms with Crippen LogP contribution in [0.4, 0.5) is 0 Å². The Bertz CT molecular complexity index is 1190. The molecule has 1 rings (SSSR count). The lowest BCUT2D eigenvalue weighted by molar-refractivity contribution is -0.162. The molecule has 1 aliphatic heterocycles. The van der Waals surface area contributed by atoms with E-state index >= 15 is 0 Å². The molecule has 1 N–H and O–H groups in total. The number of nitrogens with one attached hydrogen (secondary N) is 1. The number of hydrogen-bond acceptors (Lipinski definition) is 14. The van der Waals surface area contributed by atoms with Gasteiger partial charge in [0, 0.05) is 51.4 Å². The van der Waals surface area contributed by atoms with Gasteiger partial charge in [0.05, 0.1) is 32.7 Å². The van der Waals surface area contributed by atoms with E-state index in [1.165, 1.54) is 12.2 Å². The molecular formula is C38H65N5O11. The number of carbonyl (C=O) groups excluding carboxylic acids is 7. The molecule has 0 atom stereocenters. The van der Waals surface area contributed by atoms with Gasteiger partial charge in [-0.1, -0.05) is 0 Å². The quantitative estimate of drug-likeness (QED) is 0.0776. The van der Waals surface area contributed by atoms with E-state index in [1.54, 1.807) is 97.8 Å². The summed E-state index contributed by atoms with van der Waals surface area (Å²) in [5.74, 6) is -3.19. The standard InChI is InChI=1S/C38H65N5O11/c1-35(2,3)51-31(47)24-41(25-32(48)52-36(4,5)6)21-19-40(23-28(44)39-17-13-14-18-43-29(45)15-16-30(43)46)20-22-42(26-33(49)53-37(7,8)9)27-34(50)54-38(10,11)12/h15-16H,13-14,17-27H2,1-12H3,(H,39,44). The Morgan fingerprint density at radius 1 is 0.519 bits per heavy atom. The maximum Gasteiger partial charge on any atom is 0.320 e. The normalized spacial score (nSPS) is 13.9. The highest BCUT2D eigenvalue weighted by atomic mass is 16.6. The van der Waals surface area contributed by atoms with Crippen LogP contribution in [0.15, 0.2) is 12.2 Å². The second kappa shape index (κ2) is 21.3. The van der Waals surface area contributed by atoms with Crippen LogP contribution in [0.5, 0.6) is 0 Å². The van der Waals surface area contributed by atoms with Crippen molar-refractivity contribution in [1.29, 1.82) is 0 Å². The molecule has 16 nitrogen and oxygen atoms in total. The molecule has 0 radical (unpaired) electrons. The second-order valence-corrected chi connectivity index (χ2v) is 17.3. The first-order chi connectivity index (χ1) is 24.6. The van der Waals surface area contributed by atoms with Gasteiger partial charge < -0.3 is 24.3 Å². The highest BCUT2D eigenvalue weighted by molar-refractivity contribution is 6.12. The van der Waals surface area contributed by atoms with Crippen LogP contribution in [0, 0.1) is 0 Å². The number of rotatable bonds is 21. The number of nitrogens with zero attached hydrogens (tertiary/aromatic N) is 4. The zero-order valence-corrected chi connectivity index (χ0v) is 34.6. The van der Waals surface area contributed by atoms with Gasteiger partial charge in [0.25, 0.3) is 11.8 Å². The van der Waals surface area contributed by atoms with Crippen molar-refractivity contribution in [2.24, 2.45) is 0 Å². The van der Waals surface area contributed by atoms with Crippen molar-refractivity contribution in [3.8, 4) is 0 Å². The number of esters is 4. The number of imide groups is 1. The summed E-state index contributed by atoms with van der Waals surface area (Å²) in [4.78, 5) is 94.3. The van der Waals surface area contributed by atoms with E-state index in [1.807, 2.05) is 0 Å². The van der Waals surface area contributed by atoms with Gasteiger partial charge in [0.1, 0.15) is 22.4 Å². The van der Waals surface area contributed by atoms with E-state index in [2.05, 4.69) is 5.32 Å². The predicted molar refractivity (Wildman–Crippen MR) is 201 cm³/mol. The van der Waals surface area contributed by atoms with Gasteiger partial charge >= 0.3 is 23.9 Å². The van der Waals surface area contributed by atoms with Crippen molar-refractivity contribution in [3.05, 3.63) is 12.2 Å². The third kappa shape index (κ3) is 23.7. The van der Waals surface area contributed by atoms with Crippen LogP contribution in [0.25, 0.3) is 0 Å². The van der Waals surface area contributed by atoms with Crippen molar-refractivity contribution in [1.82, 2.24) is 24.9 Å². The molecule has 0 aromatic heterocycles. The van der Waals surface area contributed by atoms with E-state index in [-0.39, 0.29) is 83.2 Å². The Balaban J connectivity index is 3.16. The Kier molecular flexibility index (Phi) is 19.0. The molecule has 0 aliphatic carbocycles. The molecule has 54 heavy (non-hydrogen) atoms. The van der Waals surface area contributed by atoms with Crippen LogP contribution in [0.3, 0.4) is 0 Å². The van der Waals surface area contributed by atoms with Crippen LogP contribution >= 0.6 is 0 Å². The average molecular weight is 768 g/mol. The molecule has 0 bridgehead atoms. The largest absolute Gasteiger partial charge is 0.459 e. The van der Waals surface area contributed by atoms with Gasteiger partial charge in [0.15, 0.2) is 0 Å². The summed E-state index contributed by atoms with van der Waals surface area (Å²) in [6, 6.07) is 0. The molecule has 0 saturated carbocycles. The third-order valence-electron chi connectivity index (χ3n) is 6.95. The molecular weight excluding hydrogens is 702 g/mol. The molecule has 0 unspecified atom stereocenters. The van der Waals surface area contributed by atoms with Gasteiger partial charge in [-0.2, -0.15) is 0 Å². The van der Waals surface area contributed by atoms with Crippen molar-refractivity contribution >= 4 is 41.6 Å². The van der Waals surface area contributed by atoms with Crippen molar-refractivity contribution in [2.45, 2.75) is 118 Å². The molecule has 0 aromatic carbocycles. The third-order valence-corrected chi connectivity index (χ3v) is 6.95. The number of carbonyl (C=O) groups is 7. The van der Waals surface area contributed by atoms with E-state index < -0.39 is 46.3 Å². The molecule has 3 amide bonds. The van der Waals surface area contributed by atoms with E-state index in [9.17, 15) is 33.6 Å². The van der Waals surface area contributed by atoms with E-state index in [0.717, 1.165) is 4.90 Å². The summed E-state index contributed by atoms with van der Waals surface area (Å²) < 4.78 is 22.0. The monoisotopic (exact) mass is 767 g/mol. The zero-order valence-electron chi connectivity index (χ0n) is 34.6. The minimum atomic E-state index is -0.749. The molecule has 1 aliphatic rings. The SMILES string of the molecule is CC(C)(C)OC(=O)CN(CCN(CCN(CC(=O)OC(C)(C)C)CC(=O)OC(C)(C)C)CC(=O)NCCCCN1C(=O)C=CC1=O)CC(=O)OC(C)(C)C. The van der Waals surface area contributed by atoms with Crippen molar-refractivity contribution < 1.29 is 52.5 Å². The van der Waals surface area contributed by atoms with Crippen molar-refractivity contribution in [3.63, 3.8) is 0 Å². The lowest BCUT2D eigenvalue weighted by atomic mass is 10.2. The molecule has 0 aromatic rings. The zero-order chi connectivity index (χ0) is 41.5. The first kappa shape index (κ1) is 48.1. The van der Waals surface area contributed by atoms with Gasteiger partial charge in [-0.25, -0.2) is 0 Å². The molecule has 1 heterocycles. The lowest BCUT2D eigenvalue weighted by Gasteiger charge is -2.30. The smallest absolute Gasteiger partial charge is 0.320 e. The second-order valence-electron chi connectivity index (χ2n) is 17.3. The Hall–Kier alpha value is -3.89. The van der Waals surface area contributed by atoms with Crippen LogP contribution in [-0.4, -0.2) is 156 Å². The first-order valence-electron chi connectivity index (χ1n) is 18.5. The predicted octanol–water partition coefficient (Wildman–Crippen LogP) is 2.08. The van der Waals surface area contributed by atoms with Gasteiger partial charge in [0.2, 0.25) is 5.91 Å². The Labute approximate surface area is 321 Å². The van der Waals surface area contributed by atoms with Gasteiger partial charge in [-0.05, 0) is 95.9 Å². The van der Waals surface area contributed by atoms with Crippen LogP contribution in [0.1, 0.15) is 95.9 Å². The maximum atomic E-state index is 13.2. The van der Waals surface area contributed by atoms with E-state index in [4.69, 9.17) is 18.9 Å². The van der Waals surface area contributed by atoms with Gasteiger partial charge in [-0.3, -0.25) is 53.2 Å². The number of hydrogen-bond donors (Lipinski definition) is 1. The molecule has 308 valence electrons. The minimum absolute atomic E-state index is 0.0908. The van der Waals surface area contributed by atoms with Crippen LogP contribution in [0.2, 0.25) is 0 Å². The number of unbranched alkanes of at least 4 members (excludes halogenated alkanes) is 1. The van der Waals surface area contributed by atoms with Gasteiger partial charge in [-0.15, -0.1) is 0 Å². The Morgan fingerprint density at radius 2 is 0.833 bits per heavy atom. The van der Waals surface area contributed by atoms with Crippen LogP contribution in [-0.2, 0) is 52.5 Å². The first-order valence-corrected chi connectivity index (χ1v) is 18.5. The molecule has 0 fully saturated rings. The summed E-state index contributed by atoms with van der Waals surface area (Å²) in [5, 5.41) is 2.86. The molecule has 0 saturated heterocycles. The fourth-order valence-corrected chi connectivity index (χ4v) is 5.02. The maximum absolute atomic E-state index is 13.2. The van der Waals surface area contributed by atoms with Crippen molar-refractivity contribution in [2.75, 3.05) is 72.0 Å². The highest BCUT2D eigenvalue weighted by Crippen LogP contribution is 2.12. The Morgan fingerprint density at radius 3 is 1.15 bits per heavy atom. The fraction of sp³-hybridized carbons (Fsp3) is 0.763. The minimum Gasteiger partial charge on any atom is -0.459 e.